The molecule has 0 spiro atoms. The molecular weight excluding hydrogens is 364 g/mol. The number of ether oxygens (including phenoxy) is 1. The molecule has 0 heterocycles. The van der Waals surface area contributed by atoms with Gasteiger partial charge in [-0.15, -0.1) is 0 Å². The van der Waals surface area contributed by atoms with E-state index in [1.54, 1.807) is 36.4 Å². The molecule has 1 aliphatic rings. The van der Waals surface area contributed by atoms with E-state index in [1.807, 2.05) is 31.0 Å². The summed E-state index contributed by atoms with van der Waals surface area (Å²) in [6.45, 7) is 2.70. The predicted molar refractivity (Wildman–Crippen MR) is 116 cm³/mol. The van der Waals surface area contributed by atoms with Crippen molar-refractivity contribution < 1.29 is 14.3 Å². The van der Waals surface area contributed by atoms with Gasteiger partial charge in [-0.1, -0.05) is 38.3 Å². The van der Waals surface area contributed by atoms with E-state index >= 15 is 0 Å². The Morgan fingerprint density at radius 1 is 1.03 bits per heavy atom. The average Bonchev–Trinajstić information content (AvgIpc) is 2.78. The van der Waals surface area contributed by atoms with Gasteiger partial charge in [-0.2, -0.15) is 0 Å². The topological polar surface area (TPSA) is 58.6 Å². The minimum atomic E-state index is -0.243. The van der Waals surface area contributed by atoms with Crippen LogP contribution in [0.3, 0.4) is 0 Å². The minimum Gasteiger partial charge on any atom is -0.494 e. The molecule has 0 aromatic heterocycles. The van der Waals surface area contributed by atoms with E-state index in [0.717, 1.165) is 25.0 Å². The zero-order valence-electron chi connectivity index (χ0n) is 17.3. The molecule has 1 fully saturated rings. The van der Waals surface area contributed by atoms with Gasteiger partial charge < -0.3 is 15.0 Å². The molecule has 2 aromatic rings. The van der Waals surface area contributed by atoms with Crippen LogP contribution >= 0.6 is 0 Å². The van der Waals surface area contributed by atoms with Crippen LogP contribution in [-0.4, -0.2) is 36.4 Å². The van der Waals surface area contributed by atoms with E-state index in [-0.39, 0.29) is 17.9 Å². The molecule has 29 heavy (non-hydrogen) atoms. The van der Waals surface area contributed by atoms with Crippen molar-refractivity contribution in [2.45, 2.75) is 51.5 Å². The SMILES string of the molecule is CCCOc1ccc(C(=O)Nc2ccccc2C(=O)N(C)C2CCCCC2)cc1. The lowest BCUT2D eigenvalue weighted by molar-refractivity contribution is 0.0697. The normalized spacial score (nSPS) is 14.3. The number of para-hydroxylation sites is 1. The molecule has 2 amide bonds. The van der Waals surface area contributed by atoms with Crippen LogP contribution in [-0.2, 0) is 0 Å². The van der Waals surface area contributed by atoms with Crippen molar-refractivity contribution in [2.24, 2.45) is 0 Å². The Morgan fingerprint density at radius 3 is 2.41 bits per heavy atom. The number of benzene rings is 2. The molecule has 3 rings (SSSR count). The zero-order chi connectivity index (χ0) is 20.6. The van der Waals surface area contributed by atoms with Gasteiger partial charge in [0.25, 0.3) is 11.8 Å². The van der Waals surface area contributed by atoms with Crippen LogP contribution in [0.1, 0.15) is 66.2 Å². The summed E-state index contributed by atoms with van der Waals surface area (Å²) in [4.78, 5) is 27.6. The number of hydrogen-bond acceptors (Lipinski definition) is 3. The largest absolute Gasteiger partial charge is 0.494 e. The maximum atomic E-state index is 13.1. The third-order valence-corrected chi connectivity index (χ3v) is 5.44. The predicted octanol–water partition coefficient (Wildman–Crippen LogP) is 5.13. The summed E-state index contributed by atoms with van der Waals surface area (Å²) >= 11 is 0. The zero-order valence-corrected chi connectivity index (χ0v) is 17.3. The second-order valence-corrected chi connectivity index (χ2v) is 7.58. The molecular formula is C24H30N2O3. The highest BCUT2D eigenvalue weighted by Gasteiger charge is 2.24. The van der Waals surface area contributed by atoms with Crippen molar-refractivity contribution in [1.29, 1.82) is 0 Å². The lowest BCUT2D eigenvalue weighted by Crippen LogP contribution is -2.38. The fraction of sp³-hybridized carbons (Fsp3) is 0.417. The van der Waals surface area contributed by atoms with Crippen LogP contribution in [0.25, 0.3) is 0 Å². The Hall–Kier alpha value is -2.82. The van der Waals surface area contributed by atoms with Gasteiger partial charge in [0.2, 0.25) is 0 Å². The molecule has 0 atom stereocenters. The molecule has 5 heteroatoms. The molecule has 1 saturated carbocycles. The summed E-state index contributed by atoms with van der Waals surface area (Å²) in [5, 5.41) is 2.90. The fourth-order valence-electron chi connectivity index (χ4n) is 3.72. The summed E-state index contributed by atoms with van der Waals surface area (Å²) in [5.41, 5.74) is 1.59. The third-order valence-electron chi connectivity index (χ3n) is 5.44. The van der Waals surface area contributed by atoms with Gasteiger partial charge in [0, 0.05) is 18.7 Å². The van der Waals surface area contributed by atoms with Crippen molar-refractivity contribution in [1.82, 2.24) is 4.90 Å². The third kappa shape index (κ3) is 5.37. The van der Waals surface area contributed by atoms with Crippen molar-refractivity contribution >= 4 is 17.5 Å². The smallest absolute Gasteiger partial charge is 0.255 e. The second kappa shape index (κ2) is 10.1. The van der Waals surface area contributed by atoms with Gasteiger partial charge in [-0.05, 0) is 55.7 Å². The average molecular weight is 395 g/mol. The van der Waals surface area contributed by atoms with Gasteiger partial charge in [0.1, 0.15) is 5.75 Å². The Bertz CT molecular complexity index is 826. The Kier molecular flexibility index (Phi) is 7.28. The minimum absolute atomic E-state index is 0.0453. The highest BCUT2D eigenvalue weighted by molar-refractivity contribution is 6.09. The maximum absolute atomic E-state index is 13.1. The molecule has 1 N–H and O–H groups in total. The molecule has 0 unspecified atom stereocenters. The summed E-state index contributed by atoms with van der Waals surface area (Å²) in [6.07, 6.45) is 6.60. The van der Waals surface area contributed by atoms with E-state index in [0.29, 0.717) is 23.4 Å². The van der Waals surface area contributed by atoms with Crippen molar-refractivity contribution in [3.8, 4) is 5.75 Å². The quantitative estimate of drug-likeness (QED) is 0.708. The first-order valence-corrected chi connectivity index (χ1v) is 10.5. The molecule has 0 saturated heterocycles. The van der Waals surface area contributed by atoms with Gasteiger partial charge in [-0.3, -0.25) is 9.59 Å². The van der Waals surface area contributed by atoms with Crippen LogP contribution in [0.2, 0.25) is 0 Å². The molecule has 0 aliphatic heterocycles. The Labute approximate surface area is 173 Å². The number of anilines is 1. The highest BCUT2D eigenvalue weighted by atomic mass is 16.5. The van der Waals surface area contributed by atoms with Crippen molar-refractivity contribution in [3.05, 3.63) is 59.7 Å². The Balaban J connectivity index is 1.71. The first-order chi connectivity index (χ1) is 14.1. The number of amides is 2. The second-order valence-electron chi connectivity index (χ2n) is 7.58. The van der Waals surface area contributed by atoms with Crippen LogP contribution < -0.4 is 10.1 Å². The molecule has 154 valence electrons. The van der Waals surface area contributed by atoms with E-state index in [4.69, 9.17) is 4.74 Å². The van der Waals surface area contributed by atoms with Crippen LogP contribution in [0.5, 0.6) is 5.75 Å². The number of hydrogen-bond donors (Lipinski definition) is 1. The first-order valence-electron chi connectivity index (χ1n) is 10.5. The number of carbonyl (C=O) groups excluding carboxylic acids is 2. The number of carbonyl (C=O) groups is 2. The van der Waals surface area contributed by atoms with E-state index in [9.17, 15) is 9.59 Å². The number of nitrogens with zero attached hydrogens (tertiary/aromatic N) is 1. The van der Waals surface area contributed by atoms with Gasteiger partial charge in [-0.25, -0.2) is 0 Å². The fourth-order valence-corrected chi connectivity index (χ4v) is 3.72. The number of nitrogens with one attached hydrogen (secondary N) is 1. The van der Waals surface area contributed by atoms with Crippen molar-refractivity contribution in [2.75, 3.05) is 19.0 Å². The van der Waals surface area contributed by atoms with E-state index in [1.165, 1.54) is 19.3 Å². The van der Waals surface area contributed by atoms with E-state index in [2.05, 4.69) is 5.32 Å². The number of rotatable bonds is 7. The van der Waals surface area contributed by atoms with Crippen molar-refractivity contribution in [3.63, 3.8) is 0 Å². The summed E-state index contributed by atoms with van der Waals surface area (Å²) < 4.78 is 5.56. The molecule has 0 bridgehead atoms. The Morgan fingerprint density at radius 2 is 1.72 bits per heavy atom. The standard InChI is InChI=1S/C24H30N2O3/c1-3-17-29-20-15-13-18(14-16-20)23(27)25-22-12-8-7-11-21(22)24(28)26(2)19-9-5-4-6-10-19/h7-8,11-16,19H,3-6,9-10,17H2,1-2H3,(H,25,27). The summed E-state index contributed by atoms with van der Waals surface area (Å²) in [6, 6.07) is 14.5. The lowest BCUT2D eigenvalue weighted by atomic mass is 9.94. The van der Waals surface area contributed by atoms with Gasteiger partial charge >= 0.3 is 0 Å². The van der Waals surface area contributed by atoms with Gasteiger partial charge in [0.05, 0.1) is 17.9 Å². The van der Waals surface area contributed by atoms with Gasteiger partial charge in [0.15, 0.2) is 0 Å². The van der Waals surface area contributed by atoms with Crippen LogP contribution in [0, 0.1) is 0 Å². The summed E-state index contributed by atoms with van der Waals surface area (Å²) in [5.74, 6) is 0.455. The highest BCUT2D eigenvalue weighted by Crippen LogP contribution is 2.25. The molecule has 0 radical (unpaired) electrons. The monoisotopic (exact) mass is 394 g/mol. The lowest BCUT2D eigenvalue weighted by Gasteiger charge is -2.31. The first kappa shape index (κ1) is 20.9. The maximum Gasteiger partial charge on any atom is 0.255 e. The summed E-state index contributed by atoms with van der Waals surface area (Å²) in [7, 11) is 1.87. The molecule has 5 nitrogen and oxygen atoms in total. The van der Waals surface area contributed by atoms with E-state index < -0.39 is 0 Å². The van der Waals surface area contributed by atoms with Crippen LogP contribution in [0.4, 0.5) is 5.69 Å². The molecule has 1 aliphatic carbocycles. The van der Waals surface area contributed by atoms with Crippen LogP contribution in [0.15, 0.2) is 48.5 Å². The molecule has 2 aromatic carbocycles.